The van der Waals surface area contributed by atoms with Gasteiger partial charge in [-0.05, 0) is 6.92 Å². The summed E-state index contributed by atoms with van der Waals surface area (Å²) in [5, 5.41) is 0. The van der Waals surface area contributed by atoms with Crippen molar-refractivity contribution >= 4 is 33.0 Å². The highest BCUT2D eigenvalue weighted by Gasteiger charge is 2.16. The van der Waals surface area contributed by atoms with Crippen LogP contribution in [0, 0.1) is 0 Å². The van der Waals surface area contributed by atoms with Gasteiger partial charge < -0.3 is 4.74 Å². The van der Waals surface area contributed by atoms with Gasteiger partial charge in [-0.1, -0.05) is 35.1 Å². The van der Waals surface area contributed by atoms with Gasteiger partial charge in [0.15, 0.2) is 8.68 Å². The first kappa shape index (κ1) is 14.6. The Morgan fingerprint density at radius 3 is 2.94 bits per heavy atom. The summed E-state index contributed by atoms with van der Waals surface area (Å²) in [6.07, 6.45) is 1.23. The number of sulfonamides is 1. The molecule has 96 valence electrons. The Hall–Kier alpha value is -0.470. The standard InChI is InChI=1S/C9H13ClN2O3S2/c1-7(2)6-15-4-3-12-17(13,14)8-5-11-9(10)16-8/h5,12H,1,3-4,6H2,2H3. The van der Waals surface area contributed by atoms with Gasteiger partial charge in [0.1, 0.15) is 0 Å². The smallest absolute Gasteiger partial charge is 0.251 e. The van der Waals surface area contributed by atoms with Crippen LogP contribution in [0.4, 0.5) is 0 Å². The zero-order chi connectivity index (χ0) is 12.9. The number of ether oxygens (including phenoxy) is 1. The Labute approximate surface area is 110 Å². The van der Waals surface area contributed by atoms with Gasteiger partial charge in [0.25, 0.3) is 10.0 Å². The molecule has 1 heterocycles. The molecule has 0 unspecified atom stereocenters. The Kier molecular flexibility index (Phi) is 5.54. The van der Waals surface area contributed by atoms with Crippen LogP contribution in [-0.4, -0.2) is 33.2 Å². The van der Waals surface area contributed by atoms with Gasteiger partial charge in [0.2, 0.25) is 0 Å². The lowest BCUT2D eigenvalue weighted by atomic mass is 10.4. The SMILES string of the molecule is C=C(C)COCCNS(=O)(=O)c1cnc(Cl)s1. The third kappa shape index (κ3) is 5.13. The minimum atomic E-state index is -3.52. The van der Waals surface area contributed by atoms with Crippen LogP contribution in [0.3, 0.4) is 0 Å². The highest BCUT2D eigenvalue weighted by molar-refractivity contribution is 7.91. The summed E-state index contributed by atoms with van der Waals surface area (Å²) in [6, 6.07) is 0. The van der Waals surface area contributed by atoms with Crippen molar-refractivity contribution in [3.8, 4) is 0 Å². The normalized spacial score (nSPS) is 11.6. The molecule has 0 aliphatic heterocycles. The van der Waals surface area contributed by atoms with Crippen LogP contribution in [-0.2, 0) is 14.8 Å². The molecule has 1 rings (SSSR count). The lowest BCUT2D eigenvalue weighted by Crippen LogP contribution is -2.27. The number of halogens is 1. The Bertz CT molecular complexity index is 484. The molecule has 0 aromatic carbocycles. The minimum absolute atomic E-state index is 0.0994. The first-order chi connectivity index (χ1) is 7.92. The van der Waals surface area contributed by atoms with E-state index in [2.05, 4.69) is 16.3 Å². The van der Waals surface area contributed by atoms with Crippen LogP contribution >= 0.6 is 22.9 Å². The fraction of sp³-hybridized carbons (Fsp3) is 0.444. The molecule has 0 saturated carbocycles. The predicted octanol–water partition coefficient (Wildman–Crippen LogP) is 1.67. The summed E-state index contributed by atoms with van der Waals surface area (Å²) in [5.74, 6) is 0. The van der Waals surface area contributed by atoms with Crippen LogP contribution in [0.1, 0.15) is 6.92 Å². The summed E-state index contributed by atoms with van der Waals surface area (Å²) in [7, 11) is -3.52. The van der Waals surface area contributed by atoms with Crippen molar-refractivity contribution < 1.29 is 13.2 Å². The average Bonchev–Trinajstić information content (AvgIpc) is 2.64. The van der Waals surface area contributed by atoms with Crippen LogP contribution in [0.25, 0.3) is 0 Å². The minimum Gasteiger partial charge on any atom is -0.376 e. The highest BCUT2D eigenvalue weighted by atomic mass is 35.5. The predicted molar refractivity (Wildman–Crippen MR) is 67.9 cm³/mol. The third-order valence-electron chi connectivity index (χ3n) is 1.61. The second-order valence-corrected chi connectivity index (χ2v) is 6.95. The lowest BCUT2D eigenvalue weighted by Gasteiger charge is -2.05. The topological polar surface area (TPSA) is 68.3 Å². The van der Waals surface area contributed by atoms with Gasteiger partial charge >= 0.3 is 0 Å². The molecule has 0 aliphatic rings. The molecule has 1 aromatic heterocycles. The van der Waals surface area contributed by atoms with Gasteiger partial charge in [0.05, 0.1) is 19.4 Å². The van der Waals surface area contributed by atoms with Gasteiger partial charge in [-0.2, -0.15) is 0 Å². The van der Waals surface area contributed by atoms with Gasteiger partial charge in [0, 0.05) is 6.54 Å². The Balaban J connectivity index is 2.38. The molecule has 0 amide bonds. The zero-order valence-corrected chi connectivity index (χ0v) is 11.7. The second-order valence-electron chi connectivity index (χ2n) is 3.34. The molecule has 0 atom stereocenters. The number of aromatic nitrogens is 1. The molecule has 0 spiro atoms. The van der Waals surface area contributed by atoms with Crippen molar-refractivity contribution in [1.82, 2.24) is 9.71 Å². The van der Waals surface area contributed by atoms with Gasteiger partial charge in [-0.25, -0.2) is 18.1 Å². The molecule has 0 fully saturated rings. The quantitative estimate of drug-likeness (QED) is 0.614. The van der Waals surface area contributed by atoms with E-state index in [1.165, 1.54) is 6.20 Å². The third-order valence-corrected chi connectivity index (χ3v) is 4.65. The van der Waals surface area contributed by atoms with E-state index in [1.807, 2.05) is 6.92 Å². The van der Waals surface area contributed by atoms with Gasteiger partial charge in [-0.15, -0.1) is 0 Å². The summed E-state index contributed by atoms with van der Waals surface area (Å²) >= 11 is 6.48. The van der Waals surface area contributed by atoms with Crippen LogP contribution in [0.2, 0.25) is 4.47 Å². The molecule has 0 radical (unpaired) electrons. The van der Waals surface area contributed by atoms with E-state index in [-0.39, 0.29) is 15.2 Å². The summed E-state index contributed by atoms with van der Waals surface area (Å²) in [6.45, 7) is 6.42. The maximum absolute atomic E-state index is 11.7. The fourth-order valence-corrected chi connectivity index (χ4v) is 3.28. The Morgan fingerprint density at radius 2 is 2.41 bits per heavy atom. The first-order valence-electron chi connectivity index (χ1n) is 4.75. The molecule has 0 saturated heterocycles. The molecular formula is C9H13ClN2O3S2. The maximum atomic E-state index is 11.7. The molecule has 17 heavy (non-hydrogen) atoms. The monoisotopic (exact) mass is 296 g/mol. The number of rotatable bonds is 7. The van der Waals surface area contributed by atoms with Crippen LogP contribution in [0.15, 0.2) is 22.6 Å². The van der Waals surface area contributed by atoms with Crippen molar-refractivity contribution in [2.75, 3.05) is 19.8 Å². The van der Waals surface area contributed by atoms with E-state index in [0.717, 1.165) is 16.9 Å². The van der Waals surface area contributed by atoms with E-state index in [1.54, 1.807) is 0 Å². The average molecular weight is 297 g/mol. The Morgan fingerprint density at radius 1 is 1.71 bits per heavy atom. The first-order valence-corrected chi connectivity index (χ1v) is 7.42. The van der Waals surface area contributed by atoms with Crippen molar-refractivity contribution in [2.24, 2.45) is 0 Å². The largest absolute Gasteiger partial charge is 0.376 e. The van der Waals surface area contributed by atoms with E-state index in [0.29, 0.717) is 13.2 Å². The van der Waals surface area contributed by atoms with E-state index in [4.69, 9.17) is 16.3 Å². The number of hydrogen-bond acceptors (Lipinski definition) is 5. The molecule has 5 nitrogen and oxygen atoms in total. The molecule has 1 N–H and O–H groups in total. The van der Waals surface area contributed by atoms with Crippen molar-refractivity contribution in [3.63, 3.8) is 0 Å². The van der Waals surface area contributed by atoms with E-state index in [9.17, 15) is 8.42 Å². The molecule has 8 heteroatoms. The number of nitrogens with zero attached hydrogens (tertiary/aromatic N) is 1. The maximum Gasteiger partial charge on any atom is 0.251 e. The summed E-state index contributed by atoms with van der Waals surface area (Å²) in [5.41, 5.74) is 0.891. The summed E-state index contributed by atoms with van der Waals surface area (Å²) in [4.78, 5) is 3.67. The van der Waals surface area contributed by atoms with Crippen molar-refractivity contribution in [2.45, 2.75) is 11.1 Å². The molecular weight excluding hydrogens is 284 g/mol. The number of hydrogen-bond donors (Lipinski definition) is 1. The highest BCUT2D eigenvalue weighted by Crippen LogP contribution is 2.21. The lowest BCUT2D eigenvalue weighted by molar-refractivity contribution is 0.162. The number of thiazole rings is 1. The van der Waals surface area contributed by atoms with Crippen LogP contribution < -0.4 is 4.72 Å². The fourth-order valence-electron chi connectivity index (χ4n) is 0.929. The molecule has 1 aromatic rings. The molecule has 0 bridgehead atoms. The van der Waals surface area contributed by atoms with Gasteiger partial charge in [-0.3, -0.25) is 0 Å². The summed E-state index contributed by atoms with van der Waals surface area (Å²) < 4.78 is 31.2. The van der Waals surface area contributed by atoms with Crippen LogP contribution in [0.5, 0.6) is 0 Å². The zero-order valence-electron chi connectivity index (χ0n) is 9.27. The van der Waals surface area contributed by atoms with E-state index >= 15 is 0 Å². The van der Waals surface area contributed by atoms with Crippen molar-refractivity contribution in [1.29, 1.82) is 0 Å². The molecule has 0 aliphatic carbocycles. The van der Waals surface area contributed by atoms with E-state index < -0.39 is 10.0 Å². The number of nitrogens with one attached hydrogen (secondary N) is 1. The second kappa shape index (κ2) is 6.46. The van der Waals surface area contributed by atoms with Crippen molar-refractivity contribution in [3.05, 3.63) is 22.8 Å².